The molecule has 0 aromatic carbocycles. The number of thiophene rings is 1. The van der Waals surface area contributed by atoms with E-state index in [4.69, 9.17) is 0 Å². The van der Waals surface area contributed by atoms with Crippen LogP contribution < -0.4 is 4.90 Å². The number of allylic oxidation sites excluding steroid dienone is 2. The van der Waals surface area contributed by atoms with E-state index in [1.165, 1.54) is 21.1 Å². The second-order valence-electron chi connectivity index (χ2n) is 8.16. The van der Waals surface area contributed by atoms with Gasteiger partial charge < -0.3 is 4.90 Å². The molecular weight excluding hydrogens is 398 g/mol. The number of sulfonamides is 1. The van der Waals surface area contributed by atoms with Gasteiger partial charge in [0.25, 0.3) is 10.0 Å². The summed E-state index contributed by atoms with van der Waals surface area (Å²) >= 11 is 1.24. The lowest BCUT2D eigenvalue weighted by atomic mass is 9.85. The molecule has 5 rings (SSSR count). The molecule has 2 aliphatic heterocycles. The molecular formula is C19H24N3O4S2+. The van der Waals surface area contributed by atoms with Crippen LogP contribution in [0, 0.1) is 23.7 Å². The molecule has 3 fully saturated rings. The van der Waals surface area contributed by atoms with Crippen LogP contribution in [0.25, 0.3) is 0 Å². The third-order valence-corrected chi connectivity index (χ3v) is 10.0. The van der Waals surface area contributed by atoms with E-state index in [0.717, 1.165) is 6.42 Å². The Hall–Kier alpha value is -1.55. The van der Waals surface area contributed by atoms with Crippen LogP contribution >= 0.6 is 11.3 Å². The number of nitrogens with zero attached hydrogens (tertiary/aromatic N) is 2. The monoisotopic (exact) mass is 422 g/mol. The zero-order valence-corrected chi connectivity index (χ0v) is 17.1. The van der Waals surface area contributed by atoms with Gasteiger partial charge >= 0.3 is 0 Å². The summed E-state index contributed by atoms with van der Waals surface area (Å²) in [5.41, 5.74) is 0. The second-order valence-corrected chi connectivity index (χ2v) is 11.3. The van der Waals surface area contributed by atoms with Crippen LogP contribution in [0.15, 0.2) is 33.9 Å². The average Bonchev–Trinajstić information content (AvgIpc) is 3.47. The molecule has 3 heterocycles. The summed E-state index contributed by atoms with van der Waals surface area (Å²) in [6.45, 7) is 3.46. The summed E-state index contributed by atoms with van der Waals surface area (Å²) in [6, 6.07) is 3.39. The summed E-state index contributed by atoms with van der Waals surface area (Å²) in [5.74, 6) is 0.232. The summed E-state index contributed by atoms with van der Waals surface area (Å²) in [7, 11) is -3.39. The molecule has 4 atom stereocenters. The van der Waals surface area contributed by atoms with Gasteiger partial charge in [0.05, 0.1) is 51.1 Å². The number of carbonyl (C=O) groups excluding carboxylic acids is 2. The number of hydrogen-bond donors (Lipinski definition) is 1. The number of likely N-dealkylation sites (tertiary alicyclic amines) is 1. The summed E-state index contributed by atoms with van der Waals surface area (Å²) < 4.78 is 27.2. The van der Waals surface area contributed by atoms with E-state index >= 15 is 0 Å². The minimum Gasteiger partial charge on any atom is -0.331 e. The molecule has 7 nitrogen and oxygen atoms in total. The molecule has 0 unspecified atom stereocenters. The molecule has 0 radical (unpaired) electrons. The Bertz CT molecular complexity index is 889. The fourth-order valence-electron chi connectivity index (χ4n) is 5.28. The Kier molecular flexibility index (Phi) is 4.46. The van der Waals surface area contributed by atoms with Crippen LogP contribution in [-0.4, -0.2) is 68.7 Å². The summed E-state index contributed by atoms with van der Waals surface area (Å²) in [6.07, 6.45) is 5.17. The largest absolute Gasteiger partial charge is 0.331 e. The first-order valence-electron chi connectivity index (χ1n) is 9.87. The lowest BCUT2D eigenvalue weighted by Gasteiger charge is -2.32. The number of carbonyl (C=O) groups is 2. The number of rotatable bonds is 5. The zero-order chi connectivity index (χ0) is 19.5. The van der Waals surface area contributed by atoms with Gasteiger partial charge in [0.1, 0.15) is 4.21 Å². The van der Waals surface area contributed by atoms with Crippen LogP contribution in [0.5, 0.6) is 0 Å². The van der Waals surface area contributed by atoms with E-state index in [1.807, 2.05) is 0 Å². The van der Waals surface area contributed by atoms with E-state index in [0.29, 0.717) is 43.5 Å². The van der Waals surface area contributed by atoms with E-state index in [2.05, 4.69) is 12.2 Å². The normalized spacial score (nSPS) is 33.2. The Balaban J connectivity index is 1.16. The first kappa shape index (κ1) is 18.5. The van der Waals surface area contributed by atoms with Crippen molar-refractivity contribution < 1.29 is 22.9 Å². The number of nitrogens with one attached hydrogen (secondary N) is 1. The predicted molar refractivity (Wildman–Crippen MR) is 103 cm³/mol. The van der Waals surface area contributed by atoms with Crippen molar-refractivity contribution >= 4 is 33.2 Å². The predicted octanol–water partition coefficient (Wildman–Crippen LogP) is -0.556. The van der Waals surface area contributed by atoms with Crippen molar-refractivity contribution in [1.82, 2.24) is 9.21 Å². The highest BCUT2D eigenvalue weighted by molar-refractivity contribution is 7.91. The molecule has 1 aromatic heterocycles. The van der Waals surface area contributed by atoms with Gasteiger partial charge in [-0.25, -0.2) is 8.42 Å². The number of amides is 2. The van der Waals surface area contributed by atoms with E-state index in [-0.39, 0.29) is 35.5 Å². The summed E-state index contributed by atoms with van der Waals surface area (Å²) in [5, 5.41) is 1.77. The molecule has 9 heteroatoms. The highest BCUT2D eigenvalue weighted by Gasteiger charge is 2.59. The first-order valence-corrected chi connectivity index (χ1v) is 12.2. The second kappa shape index (κ2) is 6.76. The lowest BCUT2D eigenvalue weighted by Crippen LogP contribution is -3.15. The van der Waals surface area contributed by atoms with Gasteiger partial charge in [-0.2, -0.15) is 4.31 Å². The van der Waals surface area contributed by atoms with E-state index in [1.54, 1.807) is 21.8 Å². The van der Waals surface area contributed by atoms with Gasteiger partial charge in [-0.15, -0.1) is 11.3 Å². The molecule has 2 saturated heterocycles. The SMILES string of the molecule is O=C1[C@@H]2[C@H](C(=O)N1CC[NH+]1CCN(S(=O)(=O)c3cccs3)CC1)[C@H]1C=C[C@@H]2C1. The smallest absolute Gasteiger partial charge is 0.252 e. The third-order valence-electron chi connectivity index (χ3n) is 6.77. The molecule has 4 aliphatic rings. The van der Waals surface area contributed by atoms with E-state index in [9.17, 15) is 18.0 Å². The zero-order valence-electron chi connectivity index (χ0n) is 15.5. The third kappa shape index (κ3) is 2.79. The molecule has 2 aliphatic carbocycles. The fraction of sp³-hybridized carbons (Fsp3) is 0.579. The Morgan fingerprint density at radius 3 is 2.29 bits per heavy atom. The highest BCUT2D eigenvalue weighted by Crippen LogP contribution is 2.52. The van der Waals surface area contributed by atoms with Crippen LogP contribution in [0.4, 0.5) is 0 Å². The highest BCUT2D eigenvalue weighted by atomic mass is 32.2. The maximum absolute atomic E-state index is 12.8. The Morgan fingerprint density at radius 2 is 1.71 bits per heavy atom. The molecule has 28 heavy (non-hydrogen) atoms. The molecule has 1 saturated carbocycles. The van der Waals surface area contributed by atoms with Gasteiger partial charge in [-0.1, -0.05) is 18.2 Å². The minimum absolute atomic E-state index is 0.00478. The fourth-order valence-corrected chi connectivity index (χ4v) is 7.87. The first-order chi connectivity index (χ1) is 13.5. The standard InChI is InChI=1S/C19H23N3O4S2/c23-18-16-13-3-4-14(12-13)17(16)19(24)22(18)10-7-20-5-8-21(9-6-20)28(25,26)15-2-1-11-27-15/h1-4,11,13-14,16-17H,5-10,12H2/p+1/t13-,14+,16+,17-. The summed E-state index contributed by atoms with van der Waals surface area (Å²) in [4.78, 5) is 28.2. The van der Waals surface area contributed by atoms with Crippen molar-refractivity contribution in [1.29, 1.82) is 0 Å². The van der Waals surface area contributed by atoms with Crippen LogP contribution in [0.2, 0.25) is 0 Å². The van der Waals surface area contributed by atoms with Crippen LogP contribution in [0.1, 0.15) is 6.42 Å². The van der Waals surface area contributed by atoms with Crippen molar-refractivity contribution in [2.75, 3.05) is 39.3 Å². The van der Waals surface area contributed by atoms with Gasteiger partial charge in [0, 0.05) is 0 Å². The van der Waals surface area contributed by atoms with Crippen molar-refractivity contribution in [3.8, 4) is 0 Å². The van der Waals surface area contributed by atoms with E-state index < -0.39 is 10.0 Å². The number of imide groups is 1. The maximum atomic E-state index is 12.8. The molecule has 1 aromatic rings. The van der Waals surface area contributed by atoms with Crippen LogP contribution in [0.3, 0.4) is 0 Å². The van der Waals surface area contributed by atoms with Gasteiger partial charge in [-0.05, 0) is 29.7 Å². The van der Waals surface area contributed by atoms with Gasteiger partial charge in [0.2, 0.25) is 11.8 Å². The maximum Gasteiger partial charge on any atom is 0.252 e. The number of fused-ring (bicyclic) bond motifs is 5. The quantitative estimate of drug-likeness (QED) is 0.510. The number of piperazine rings is 1. The van der Waals surface area contributed by atoms with Crippen LogP contribution in [-0.2, 0) is 19.6 Å². The Morgan fingerprint density at radius 1 is 1.07 bits per heavy atom. The number of hydrogen-bond acceptors (Lipinski definition) is 5. The molecule has 2 bridgehead atoms. The topological polar surface area (TPSA) is 79.2 Å². The molecule has 1 N–H and O–H groups in total. The molecule has 150 valence electrons. The van der Waals surface area contributed by atoms with Gasteiger partial charge in [-0.3, -0.25) is 14.5 Å². The van der Waals surface area contributed by atoms with Crippen molar-refractivity contribution in [2.45, 2.75) is 10.6 Å². The van der Waals surface area contributed by atoms with Crippen molar-refractivity contribution in [3.05, 3.63) is 29.7 Å². The molecule has 0 spiro atoms. The number of quaternary nitrogens is 1. The van der Waals surface area contributed by atoms with Gasteiger partial charge in [0.15, 0.2) is 0 Å². The minimum atomic E-state index is -3.39. The van der Waals surface area contributed by atoms with Crippen molar-refractivity contribution in [2.24, 2.45) is 23.7 Å². The van der Waals surface area contributed by atoms with Crippen molar-refractivity contribution in [3.63, 3.8) is 0 Å². The Labute approximate surface area is 168 Å². The lowest BCUT2D eigenvalue weighted by molar-refractivity contribution is -0.902. The average molecular weight is 423 g/mol. The molecule has 2 amide bonds.